The first-order chi connectivity index (χ1) is 17.7. The highest BCUT2D eigenvalue weighted by Gasteiger charge is 2.52. The van der Waals surface area contributed by atoms with Crippen molar-refractivity contribution in [2.75, 3.05) is 31.5 Å². The Bertz CT molecular complexity index is 1300. The summed E-state index contributed by atoms with van der Waals surface area (Å²) in [5.41, 5.74) is 5.44. The van der Waals surface area contributed by atoms with Gasteiger partial charge >= 0.3 is 6.03 Å². The van der Waals surface area contributed by atoms with Crippen molar-refractivity contribution in [1.29, 1.82) is 0 Å². The standard InChI is InChI=1S/C27H26F4N4O2/c28-20-7-21(29)9-22(8-20)34-26(36)35-13-18-11-33-12-19(14-35)27(18,37)17-4-1-15(2-5-17)23-6-3-16(10-32)24(30)25(23)31/h1-9,18-19,33,37H,10-14,32H2,(H,34,36)/t18-,19+,27+. The molecule has 3 atom stereocenters. The number of nitrogens with one attached hydrogen (secondary N) is 2. The molecule has 3 aromatic rings. The van der Waals surface area contributed by atoms with E-state index < -0.39 is 34.9 Å². The highest BCUT2D eigenvalue weighted by atomic mass is 19.2. The van der Waals surface area contributed by atoms with Crippen molar-refractivity contribution in [2.45, 2.75) is 12.1 Å². The monoisotopic (exact) mass is 514 g/mol. The number of hydrogen-bond donors (Lipinski definition) is 4. The van der Waals surface area contributed by atoms with Crippen LogP contribution in [0.3, 0.4) is 0 Å². The lowest BCUT2D eigenvalue weighted by molar-refractivity contribution is -0.129. The van der Waals surface area contributed by atoms with Crippen LogP contribution in [0.4, 0.5) is 28.0 Å². The van der Waals surface area contributed by atoms with E-state index in [2.05, 4.69) is 10.6 Å². The van der Waals surface area contributed by atoms with Crippen LogP contribution >= 0.6 is 0 Å². The van der Waals surface area contributed by atoms with Gasteiger partial charge in [0, 0.05) is 67.4 Å². The third-order valence-electron chi connectivity index (χ3n) is 7.35. The zero-order valence-electron chi connectivity index (χ0n) is 19.8. The van der Waals surface area contributed by atoms with E-state index >= 15 is 0 Å². The molecule has 2 saturated heterocycles. The molecule has 194 valence electrons. The molecule has 0 saturated carbocycles. The van der Waals surface area contributed by atoms with Gasteiger partial charge in [0.15, 0.2) is 11.6 Å². The Kier molecular flexibility index (Phi) is 6.65. The van der Waals surface area contributed by atoms with Crippen molar-refractivity contribution in [3.05, 3.63) is 89.0 Å². The lowest BCUT2D eigenvalue weighted by Gasteiger charge is -2.53. The minimum absolute atomic E-state index is 0.00497. The van der Waals surface area contributed by atoms with Gasteiger partial charge in [-0.05, 0) is 23.3 Å². The maximum Gasteiger partial charge on any atom is 0.321 e. The summed E-state index contributed by atoms with van der Waals surface area (Å²) >= 11 is 0. The van der Waals surface area contributed by atoms with Crippen molar-refractivity contribution in [3.63, 3.8) is 0 Å². The van der Waals surface area contributed by atoms with Gasteiger partial charge < -0.3 is 26.4 Å². The Balaban J connectivity index is 1.36. The van der Waals surface area contributed by atoms with Crippen molar-refractivity contribution >= 4 is 11.7 Å². The van der Waals surface area contributed by atoms with Crippen LogP contribution in [-0.4, -0.2) is 42.2 Å². The quantitative estimate of drug-likeness (QED) is 0.397. The number of fused-ring (bicyclic) bond motifs is 2. The minimum atomic E-state index is -1.27. The number of nitrogens with two attached hydrogens (primary N) is 1. The number of halogens is 4. The Morgan fingerprint density at radius 1 is 0.973 bits per heavy atom. The maximum atomic E-state index is 14.6. The number of piperidine rings is 2. The Hall–Kier alpha value is -3.47. The molecule has 0 radical (unpaired) electrons. The molecule has 37 heavy (non-hydrogen) atoms. The molecule has 3 aromatic carbocycles. The minimum Gasteiger partial charge on any atom is -0.384 e. The second kappa shape index (κ2) is 9.77. The van der Waals surface area contributed by atoms with E-state index in [1.165, 1.54) is 17.0 Å². The molecule has 2 heterocycles. The first-order valence-corrected chi connectivity index (χ1v) is 11.9. The van der Waals surface area contributed by atoms with Crippen LogP contribution in [0, 0.1) is 35.1 Å². The van der Waals surface area contributed by atoms with Crippen LogP contribution in [0.25, 0.3) is 11.1 Å². The number of amides is 2. The van der Waals surface area contributed by atoms with E-state index in [1.807, 2.05) is 0 Å². The van der Waals surface area contributed by atoms with Gasteiger partial charge in [-0.25, -0.2) is 22.4 Å². The van der Waals surface area contributed by atoms with Crippen LogP contribution in [-0.2, 0) is 12.1 Å². The first-order valence-electron chi connectivity index (χ1n) is 11.9. The average Bonchev–Trinajstić information content (AvgIpc) is 2.85. The molecule has 2 amide bonds. The van der Waals surface area contributed by atoms with Crippen molar-refractivity contribution in [3.8, 4) is 11.1 Å². The van der Waals surface area contributed by atoms with Crippen molar-refractivity contribution in [2.24, 2.45) is 17.6 Å². The van der Waals surface area contributed by atoms with Crippen LogP contribution in [0.15, 0.2) is 54.6 Å². The fraction of sp³-hybridized carbons (Fsp3) is 0.296. The summed E-state index contributed by atoms with van der Waals surface area (Å²) in [6.07, 6.45) is 0. The molecular formula is C27H26F4N4O2. The maximum absolute atomic E-state index is 14.6. The third kappa shape index (κ3) is 4.56. The molecule has 10 heteroatoms. The van der Waals surface area contributed by atoms with E-state index in [9.17, 15) is 27.5 Å². The summed E-state index contributed by atoms with van der Waals surface area (Å²) in [4.78, 5) is 14.4. The van der Waals surface area contributed by atoms with Gasteiger partial charge in [0.2, 0.25) is 0 Å². The van der Waals surface area contributed by atoms with E-state index in [1.54, 1.807) is 24.3 Å². The summed E-state index contributed by atoms with van der Waals surface area (Å²) in [5, 5.41) is 17.7. The van der Waals surface area contributed by atoms with Gasteiger partial charge in [-0.15, -0.1) is 0 Å². The van der Waals surface area contributed by atoms with E-state index in [4.69, 9.17) is 5.73 Å². The molecule has 2 aliphatic heterocycles. The lowest BCUT2D eigenvalue weighted by Crippen LogP contribution is -2.65. The molecule has 0 aromatic heterocycles. The average molecular weight is 515 g/mol. The SMILES string of the molecule is NCc1ccc(-c2ccc([C@]3(O)[C@@H]4CNC[C@H]3CN(C(=O)Nc3cc(F)cc(F)c3)C4)cc2)c(F)c1F. The van der Waals surface area contributed by atoms with E-state index in [0.717, 1.165) is 18.2 Å². The normalized spacial score (nSPS) is 23.1. The number of aliphatic hydroxyl groups is 1. The zero-order chi connectivity index (χ0) is 26.3. The number of carbonyl (C=O) groups is 1. The summed E-state index contributed by atoms with van der Waals surface area (Å²) in [6, 6.07) is 11.8. The number of carbonyl (C=O) groups excluding carboxylic acids is 1. The van der Waals surface area contributed by atoms with Crippen molar-refractivity contribution < 1.29 is 27.5 Å². The Morgan fingerprint density at radius 2 is 1.59 bits per heavy atom. The molecule has 2 aliphatic rings. The number of anilines is 1. The highest BCUT2D eigenvalue weighted by Crippen LogP contribution is 2.44. The smallest absolute Gasteiger partial charge is 0.321 e. The van der Waals surface area contributed by atoms with Crippen LogP contribution in [0.5, 0.6) is 0 Å². The van der Waals surface area contributed by atoms with Crippen LogP contribution in [0.1, 0.15) is 11.1 Å². The summed E-state index contributed by atoms with van der Waals surface area (Å²) < 4.78 is 55.9. The number of urea groups is 1. The summed E-state index contributed by atoms with van der Waals surface area (Å²) in [6.45, 7) is 1.17. The Labute approximate surface area is 211 Å². The zero-order valence-corrected chi connectivity index (χ0v) is 19.8. The number of rotatable bonds is 4. The second-order valence-corrected chi connectivity index (χ2v) is 9.55. The molecule has 5 N–H and O–H groups in total. The molecule has 5 rings (SSSR count). The van der Waals surface area contributed by atoms with Gasteiger partial charge in [-0.2, -0.15) is 0 Å². The van der Waals surface area contributed by atoms with Gasteiger partial charge in [0.1, 0.15) is 17.2 Å². The molecule has 0 aliphatic carbocycles. The van der Waals surface area contributed by atoms with Gasteiger partial charge in [-0.3, -0.25) is 0 Å². The topological polar surface area (TPSA) is 90.6 Å². The third-order valence-corrected chi connectivity index (χ3v) is 7.35. The fourth-order valence-electron chi connectivity index (χ4n) is 5.44. The van der Waals surface area contributed by atoms with E-state index in [0.29, 0.717) is 24.2 Å². The van der Waals surface area contributed by atoms with Crippen LogP contribution in [0.2, 0.25) is 0 Å². The van der Waals surface area contributed by atoms with Gasteiger partial charge in [0.05, 0.1) is 0 Å². The molecule has 2 fully saturated rings. The van der Waals surface area contributed by atoms with E-state index in [-0.39, 0.29) is 48.3 Å². The fourth-order valence-corrected chi connectivity index (χ4v) is 5.44. The predicted molar refractivity (Wildman–Crippen MR) is 130 cm³/mol. The first kappa shape index (κ1) is 25.2. The molecule has 6 nitrogen and oxygen atoms in total. The molecule has 2 bridgehead atoms. The number of hydrogen-bond acceptors (Lipinski definition) is 4. The second-order valence-electron chi connectivity index (χ2n) is 9.55. The molecule has 0 spiro atoms. The largest absolute Gasteiger partial charge is 0.384 e. The number of benzene rings is 3. The Morgan fingerprint density at radius 3 is 2.19 bits per heavy atom. The predicted octanol–water partition coefficient (Wildman–Crippen LogP) is 3.94. The lowest BCUT2D eigenvalue weighted by atomic mass is 9.67. The van der Waals surface area contributed by atoms with Crippen molar-refractivity contribution in [1.82, 2.24) is 10.2 Å². The van der Waals surface area contributed by atoms with Gasteiger partial charge in [0.25, 0.3) is 0 Å². The molecular weight excluding hydrogens is 488 g/mol. The molecule has 0 unspecified atom stereocenters. The highest BCUT2D eigenvalue weighted by molar-refractivity contribution is 5.89. The number of nitrogens with zero attached hydrogens (tertiary/aromatic N) is 1. The summed E-state index contributed by atoms with van der Waals surface area (Å²) in [5.74, 6) is -4.31. The summed E-state index contributed by atoms with van der Waals surface area (Å²) in [7, 11) is 0. The number of likely N-dealkylation sites (tertiary alicyclic amines) is 1. The van der Waals surface area contributed by atoms with Gasteiger partial charge in [-0.1, -0.05) is 36.4 Å². The van der Waals surface area contributed by atoms with Crippen LogP contribution < -0.4 is 16.4 Å².